The summed E-state index contributed by atoms with van der Waals surface area (Å²) in [6.07, 6.45) is 0. The van der Waals surface area contributed by atoms with Gasteiger partial charge in [-0.1, -0.05) is 17.8 Å². The summed E-state index contributed by atoms with van der Waals surface area (Å²) in [6, 6.07) is 9.81. The van der Waals surface area contributed by atoms with Gasteiger partial charge in [0.15, 0.2) is 11.5 Å². The average molecular weight is 375 g/mol. The van der Waals surface area contributed by atoms with Gasteiger partial charge in [-0.05, 0) is 36.4 Å². The van der Waals surface area contributed by atoms with Crippen molar-refractivity contribution in [2.75, 3.05) is 12.4 Å². The van der Waals surface area contributed by atoms with Crippen molar-refractivity contribution < 1.29 is 31.8 Å². The van der Waals surface area contributed by atoms with Crippen LogP contribution in [0.2, 0.25) is 0 Å². The molecule has 134 valence electrons. The van der Waals surface area contributed by atoms with Crippen molar-refractivity contribution in [3.05, 3.63) is 48.0 Å². The van der Waals surface area contributed by atoms with Crippen molar-refractivity contribution in [1.82, 2.24) is 0 Å². The third-order valence-electron chi connectivity index (χ3n) is 2.99. The van der Waals surface area contributed by atoms with Crippen molar-refractivity contribution in [3.63, 3.8) is 0 Å². The summed E-state index contributed by atoms with van der Waals surface area (Å²) in [4.78, 5) is 12.7. The molecular weight excluding hydrogens is 362 g/mol. The Morgan fingerprint density at radius 3 is 2.32 bits per heavy atom. The van der Waals surface area contributed by atoms with E-state index in [1.165, 1.54) is 49.6 Å². The second kappa shape index (κ2) is 8.61. The fourth-order valence-electron chi connectivity index (χ4n) is 1.98. The molecule has 4 nitrogen and oxygen atoms in total. The lowest BCUT2D eigenvalue weighted by atomic mass is 10.1. The maximum Gasteiger partial charge on any atom is 0.387 e. The first-order valence-corrected chi connectivity index (χ1v) is 7.76. The van der Waals surface area contributed by atoms with Crippen molar-refractivity contribution in [2.24, 2.45) is 0 Å². The van der Waals surface area contributed by atoms with Crippen molar-refractivity contribution in [1.29, 1.82) is 0 Å². The van der Waals surface area contributed by atoms with E-state index in [0.717, 1.165) is 0 Å². The monoisotopic (exact) mass is 375 g/mol. The third kappa shape index (κ3) is 5.28. The van der Waals surface area contributed by atoms with Gasteiger partial charge in [-0.2, -0.15) is 17.6 Å². The Kier molecular flexibility index (Phi) is 6.51. The van der Waals surface area contributed by atoms with Gasteiger partial charge in [0.2, 0.25) is 0 Å². The zero-order valence-electron chi connectivity index (χ0n) is 12.8. The molecule has 2 aromatic carbocycles. The number of alkyl halides is 4. The van der Waals surface area contributed by atoms with Gasteiger partial charge in [-0.25, -0.2) is 0 Å². The van der Waals surface area contributed by atoms with Gasteiger partial charge >= 0.3 is 6.61 Å². The topological polar surface area (TPSA) is 47.6 Å². The molecule has 2 rings (SSSR count). The van der Waals surface area contributed by atoms with Crippen molar-refractivity contribution in [2.45, 2.75) is 17.3 Å². The van der Waals surface area contributed by atoms with Crippen molar-refractivity contribution >= 4 is 23.4 Å². The highest BCUT2D eigenvalue weighted by Crippen LogP contribution is 2.33. The van der Waals surface area contributed by atoms with E-state index in [-0.39, 0.29) is 17.1 Å². The molecule has 0 saturated heterocycles. The van der Waals surface area contributed by atoms with Gasteiger partial charge in [-0.15, -0.1) is 0 Å². The number of para-hydroxylation sites is 1. The molecule has 0 aliphatic carbocycles. The smallest absolute Gasteiger partial charge is 0.387 e. The lowest BCUT2D eigenvalue weighted by molar-refractivity contribution is -0.0515. The van der Waals surface area contributed by atoms with Gasteiger partial charge in [0.25, 0.3) is 11.7 Å². The highest BCUT2D eigenvalue weighted by atomic mass is 32.2. The van der Waals surface area contributed by atoms with Crippen LogP contribution in [0.25, 0.3) is 0 Å². The summed E-state index contributed by atoms with van der Waals surface area (Å²) in [6.45, 7) is -3.13. The van der Waals surface area contributed by atoms with Crippen LogP contribution in [0.15, 0.2) is 47.4 Å². The molecule has 0 spiro atoms. The fourth-order valence-corrected chi connectivity index (χ4v) is 2.48. The Morgan fingerprint density at radius 2 is 1.76 bits per heavy atom. The first-order chi connectivity index (χ1) is 11.9. The minimum atomic E-state index is -3.13. The summed E-state index contributed by atoms with van der Waals surface area (Å²) in [5.74, 6) is -3.66. The molecule has 0 fully saturated rings. The van der Waals surface area contributed by atoms with Crippen LogP contribution in [0.3, 0.4) is 0 Å². The van der Waals surface area contributed by atoms with E-state index >= 15 is 0 Å². The Hall–Kier alpha value is -2.42. The second-order valence-electron chi connectivity index (χ2n) is 4.57. The van der Waals surface area contributed by atoms with Gasteiger partial charge in [0, 0.05) is 10.6 Å². The molecule has 1 N–H and O–H groups in total. The number of methoxy groups -OCH3 is 1. The minimum absolute atomic E-state index is 0.0170. The standard InChI is InChI=1S/C16H13F4NO3S/c1-23-12-4-2-3-11(13(12)24-15(17)18)14(22)21-9-5-7-10(8-6-9)25-16(19)20/h2-8,15-16H,1H3,(H,21,22). The third-order valence-corrected chi connectivity index (χ3v) is 3.71. The minimum Gasteiger partial charge on any atom is -0.493 e. The number of rotatable bonds is 7. The maximum atomic E-state index is 12.6. The lowest BCUT2D eigenvalue weighted by Gasteiger charge is -2.14. The molecule has 1 amide bonds. The highest BCUT2D eigenvalue weighted by molar-refractivity contribution is 7.99. The molecule has 0 atom stereocenters. The lowest BCUT2D eigenvalue weighted by Crippen LogP contribution is -2.15. The van der Waals surface area contributed by atoms with Gasteiger partial charge < -0.3 is 14.8 Å². The molecule has 0 saturated carbocycles. The number of hydrogen-bond donors (Lipinski definition) is 1. The largest absolute Gasteiger partial charge is 0.493 e. The van der Waals surface area contributed by atoms with E-state index in [2.05, 4.69) is 10.1 Å². The zero-order chi connectivity index (χ0) is 18.4. The number of carbonyl (C=O) groups excluding carboxylic acids is 1. The summed E-state index contributed by atoms with van der Waals surface area (Å²) in [7, 11) is 1.26. The fraction of sp³-hybridized carbons (Fsp3) is 0.188. The highest BCUT2D eigenvalue weighted by Gasteiger charge is 2.20. The van der Waals surface area contributed by atoms with Gasteiger partial charge in [-0.3, -0.25) is 4.79 Å². The van der Waals surface area contributed by atoms with E-state index in [1.807, 2.05) is 0 Å². The molecule has 0 radical (unpaired) electrons. The van der Waals surface area contributed by atoms with E-state index in [0.29, 0.717) is 22.3 Å². The molecule has 0 bridgehead atoms. The molecule has 0 unspecified atom stereocenters. The van der Waals surface area contributed by atoms with Crippen LogP contribution in [0.4, 0.5) is 23.2 Å². The van der Waals surface area contributed by atoms with Crippen LogP contribution in [-0.2, 0) is 0 Å². The van der Waals surface area contributed by atoms with Gasteiger partial charge in [0.1, 0.15) is 0 Å². The summed E-state index contributed by atoms with van der Waals surface area (Å²) in [5, 5.41) is 2.49. The molecule has 2 aromatic rings. The number of carbonyl (C=O) groups is 1. The zero-order valence-corrected chi connectivity index (χ0v) is 13.7. The Bertz CT molecular complexity index is 726. The number of anilines is 1. The van der Waals surface area contributed by atoms with Crippen LogP contribution >= 0.6 is 11.8 Å². The summed E-state index contributed by atoms with van der Waals surface area (Å²) < 4.78 is 59.0. The van der Waals surface area contributed by atoms with E-state index in [9.17, 15) is 22.4 Å². The van der Waals surface area contributed by atoms with E-state index < -0.39 is 18.3 Å². The van der Waals surface area contributed by atoms with Gasteiger partial charge in [0.05, 0.1) is 12.7 Å². The number of ether oxygens (including phenoxy) is 2. The van der Waals surface area contributed by atoms with Crippen LogP contribution in [0.5, 0.6) is 11.5 Å². The molecule has 9 heteroatoms. The first-order valence-electron chi connectivity index (χ1n) is 6.88. The molecule has 0 aliphatic heterocycles. The van der Waals surface area contributed by atoms with Crippen molar-refractivity contribution in [3.8, 4) is 11.5 Å². The van der Waals surface area contributed by atoms with Crippen LogP contribution in [0, 0.1) is 0 Å². The summed E-state index contributed by atoms with van der Waals surface area (Å²) >= 11 is 0.371. The normalized spacial score (nSPS) is 10.8. The number of thioether (sulfide) groups is 1. The summed E-state index contributed by atoms with van der Waals surface area (Å²) in [5.41, 5.74) is 0.167. The Labute approximate surface area is 145 Å². The maximum absolute atomic E-state index is 12.6. The quantitative estimate of drug-likeness (QED) is 0.554. The van der Waals surface area contributed by atoms with Crippen LogP contribution in [-0.4, -0.2) is 25.4 Å². The predicted molar refractivity (Wildman–Crippen MR) is 85.9 cm³/mol. The molecule has 0 aliphatic rings. The number of nitrogens with one attached hydrogen (secondary N) is 1. The number of amides is 1. The second-order valence-corrected chi connectivity index (χ2v) is 5.64. The predicted octanol–water partition coefficient (Wildman–Crippen LogP) is 4.86. The average Bonchev–Trinajstić information content (AvgIpc) is 2.55. The molecule has 0 aromatic heterocycles. The van der Waals surface area contributed by atoms with E-state index in [4.69, 9.17) is 4.74 Å². The number of hydrogen-bond acceptors (Lipinski definition) is 4. The van der Waals surface area contributed by atoms with Crippen LogP contribution < -0.4 is 14.8 Å². The molecule has 0 heterocycles. The SMILES string of the molecule is COc1cccc(C(=O)Nc2ccc(SC(F)F)cc2)c1OC(F)F. The van der Waals surface area contributed by atoms with Crippen LogP contribution in [0.1, 0.15) is 10.4 Å². The molecular formula is C16H13F4NO3S. The Balaban J connectivity index is 2.20. The number of halogens is 4. The van der Waals surface area contributed by atoms with E-state index in [1.54, 1.807) is 0 Å². The number of benzene rings is 2. The Morgan fingerprint density at radius 1 is 1.08 bits per heavy atom. The first kappa shape index (κ1) is 18.9. The molecule has 25 heavy (non-hydrogen) atoms.